The van der Waals surface area contributed by atoms with E-state index in [1.54, 1.807) is 14.2 Å². The van der Waals surface area contributed by atoms with Gasteiger partial charge in [0.05, 0.1) is 13.7 Å². The number of ether oxygens (including phenoxy) is 1. The molecule has 0 fully saturated rings. The Kier molecular flexibility index (Phi) is 4.34. The molecule has 1 aromatic rings. The van der Waals surface area contributed by atoms with E-state index in [-0.39, 0.29) is 0 Å². The molecule has 0 aliphatic heterocycles. The van der Waals surface area contributed by atoms with Gasteiger partial charge in [0.15, 0.2) is 5.82 Å². The number of rotatable bonds is 6. The van der Waals surface area contributed by atoms with Crippen LogP contribution in [-0.2, 0) is 18.2 Å². The lowest BCUT2D eigenvalue weighted by atomic mass is 10.4. The van der Waals surface area contributed by atoms with E-state index in [9.17, 15) is 0 Å². The third-order valence-corrected chi connectivity index (χ3v) is 1.56. The zero-order chi connectivity index (χ0) is 9.52. The highest BCUT2D eigenvalue weighted by molar-refractivity contribution is 4.77. The molecule has 1 N–H and O–H groups in total. The smallest absolute Gasteiger partial charge is 0.176 e. The maximum atomic E-state index is 4.89. The maximum Gasteiger partial charge on any atom is 0.176 e. The first-order chi connectivity index (χ1) is 6.33. The molecule has 1 aromatic heterocycles. The lowest BCUT2D eigenvalue weighted by Gasteiger charge is -2.00. The fourth-order valence-electron chi connectivity index (χ4n) is 0.923. The summed E-state index contributed by atoms with van der Waals surface area (Å²) in [6, 6.07) is 0. The second-order valence-corrected chi connectivity index (χ2v) is 2.69. The molecular formula is C7H15N5O. The minimum absolute atomic E-state index is 0.730. The van der Waals surface area contributed by atoms with Gasteiger partial charge in [0.1, 0.15) is 0 Å². The van der Waals surface area contributed by atoms with Crippen molar-refractivity contribution >= 4 is 0 Å². The predicted octanol–water partition coefficient (Wildman–Crippen LogP) is -1.01. The summed E-state index contributed by atoms with van der Waals surface area (Å²) in [4.78, 5) is 1.46. The summed E-state index contributed by atoms with van der Waals surface area (Å²) in [6.07, 6.45) is 0.803. The topological polar surface area (TPSA) is 64.9 Å². The highest BCUT2D eigenvalue weighted by atomic mass is 16.5. The van der Waals surface area contributed by atoms with Crippen molar-refractivity contribution in [2.24, 2.45) is 7.05 Å². The van der Waals surface area contributed by atoms with Crippen LogP contribution in [0.4, 0.5) is 0 Å². The van der Waals surface area contributed by atoms with Crippen LogP contribution in [0.25, 0.3) is 0 Å². The van der Waals surface area contributed by atoms with Crippen LogP contribution in [0.3, 0.4) is 0 Å². The number of tetrazole rings is 1. The summed E-state index contributed by atoms with van der Waals surface area (Å²) < 4.78 is 4.89. The van der Waals surface area contributed by atoms with Crippen molar-refractivity contribution in [2.75, 3.05) is 26.8 Å². The van der Waals surface area contributed by atoms with Gasteiger partial charge in [-0.1, -0.05) is 0 Å². The van der Waals surface area contributed by atoms with Crippen LogP contribution in [0.1, 0.15) is 5.82 Å². The van der Waals surface area contributed by atoms with Crippen LogP contribution in [0.15, 0.2) is 0 Å². The molecular weight excluding hydrogens is 170 g/mol. The quantitative estimate of drug-likeness (QED) is 0.575. The summed E-state index contributed by atoms with van der Waals surface area (Å²) in [6.45, 7) is 2.44. The van der Waals surface area contributed by atoms with Gasteiger partial charge in [-0.3, -0.25) is 0 Å². The van der Waals surface area contributed by atoms with Crippen LogP contribution < -0.4 is 5.32 Å². The number of hydrogen-bond acceptors (Lipinski definition) is 5. The molecule has 13 heavy (non-hydrogen) atoms. The average molecular weight is 185 g/mol. The molecule has 0 spiro atoms. The third kappa shape index (κ3) is 3.95. The Morgan fingerprint density at radius 3 is 2.92 bits per heavy atom. The summed E-state index contributed by atoms with van der Waals surface area (Å²) in [5.41, 5.74) is 0. The lowest BCUT2D eigenvalue weighted by molar-refractivity contribution is 0.199. The van der Waals surface area contributed by atoms with Crippen LogP contribution in [0.2, 0.25) is 0 Å². The first-order valence-corrected chi connectivity index (χ1v) is 4.25. The fraction of sp³-hybridized carbons (Fsp3) is 0.857. The fourth-order valence-corrected chi connectivity index (χ4v) is 0.923. The molecule has 0 saturated carbocycles. The maximum absolute atomic E-state index is 4.89. The molecule has 0 radical (unpaired) electrons. The molecule has 0 atom stereocenters. The standard InChI is InChI=1S/C7H15N5O/c1-12-10-7(9-11-12)3-4-8-5-6-13-2/h8H,3-6H2,1-2H3. The van der Waals surface area contributed by atoms with E-state index in [1.807, 2.05) is 0 Å². The van der Waals surface area contributed by atoms with E-state index in [0.29, 0.717) is 0 Å². The van der Waals surface area contributed by atoms with Gasteiger partial charge in [-0.2, -0.15) is 4.80 Å². The minimum Gasteiger partial charge on any atom is -0.383 e. The highest BCUT2D eigenvalue weighted by Crippen LogP contribution is 1.84. The van der Waals surface area contributed by atoms with Crippen LogP contribution in [0, 0.1) is 0 Å². The molecule has 0 bridgehead atoms. The first-order valence-electron chi connectivity index (χ1n) is 4.25. The Hall–Kier alpha value is -1.01. The number of methoxy groups -OCH3 is 1. The summed E-state index contributed by atoms with van der Waals surface area (Å²) in [5.74, 6) is 0.771. The van der Waals surface area contributed by atoms with Crippen molar-refractivity contribution < 1.29 is 4.74 Å². The van der Waals surface area contributed by atoms with Crippen molar-refractivity contribution in [3.8, 4) is 0 Å². The Labute approximate surface area is 77.3 Å². The van der Waals surface area contributed by atoms with Gasteiger partial charge in [0.2, 0.25) is 0 Å². The SMILES string of the molecule is COCCNCCc1nnn(C)n1. The van der Waals surface area contributed by atoms with Gasteiger partial charge < -0.3 is 10.1 Å². The van der Waals surface area contributed by atoms with Crippen LogP contribution >= 0.6 is 0 Å². The number of aryl methyl sites for hydroxylation is 1. The van der Waals surface area contributed by atoms with Gasteiger partial charge >= 0.3 is 0 Å². The molecule has 0 aliphatic rings. The molecule has 0 saturated heterocycles. The molecule has 0 unspecified atom stereocenters. The Bertz CT molecular complexity index is 237. The second kappa shape index (κ2) is 5.60. The van der Waals surface area contributed by atoms with Gasteiger partial charge in [-0.15, -0.1) is 10.2 Å². The monoisotopic (exact) mass is 185 g/mol. The largest absolute Gasteiger partial charge is 0.383 e. The number of nitrogens with one attached hydrogen (secondary N) is 1. The molecule has 0 aliphatic carbocycles. The van der Waals surface area contributed by atoms with Gasteiger partial charge in [0.25, 0.3) is 0 Å². The van der Waals surface area contributed by atoms with E-state index in [4.69, 9.17) is 4.74 Å². The Morgan fingerprint density at radius 1 is 1.46 bits per heavy atom. The second-order valence-electron chi connectivity index (χ2n) is 2.69. The molecule has 1 heterocycles. The lowest BCUT2D eigenvalue weighted by Crippen LogP contribution is -2.22. The van der Waals surface area contributed by atoms with Crippen molar-refractivity contribution in [3.05, 3.63) is 5.82 Å². The van der Waals surface area contributed by atoms with E-state index in [2.05, 4.69) is 20.7 Å². The third-order valence-electron chi connectivity index (χ3n) is 1.56. The molecule has 1 rings (SSSR count). The normalized spacial score (nSPS) is 10.6. The summed E-state index contributed by atoms with van der Waals surface area (Å²) in [5, 5.41) is 14.9. The van der Waals surface area contributed by atoms with E-state index in [0.717, 1.165) is 31.9 Å². The number of nitrogens with zero attached hydrogens (tertiary/aromatic N) is 4. The highest BCUT2D eigenvalue weighted by Gasteiger charge is 1.98. The van der Waals surface area contributed by atoms with Crippen molar-refractivity contribution in [3.63, 3.8) is 0 Å². The van der Waals surface area contributed by atoms with Gasteiger partial charge in [-0.05, 0) is 5.21 Å². The van der Waals surface area contributed by atoms with Gasteiger partial charge in [-0.25, -0.2) is 0 Å². The summed E-state index contributed by atoms with van der Waals surface area (Å²) in [7, 11) is 3.45. The van der Waals surface area contributed by atoms with Gasteiger partial charge in [0, 0.05) is 26.6 Å². The average Bonchev–Trinajstić information content (AvgIpc) is 2.51. The van der Waals surface area contributed by atoms with Crippen molar-refractivity contribution in [2.45, 2.75) is 6.42 Å². The van der Waals surface area contributed by atoms with E-state index >= 15 is 0 Å². The molecule has 74 valence electrons. The minimum atomic E-state index is 0.730. The van der Waals surface area contributed by atoms with Crippen molar-refractivity contribution in [1.82, 2.24) is 25.5 Å². The zero-order valence-electron chi connectivity index (χ0n) is 8.03. The predicted molar refractivity (Wildman–Crippen MR) is 47.2 cm³/mol. The van der Waals surface area contributed by atoms with E-state index < -0.39 is 0 Å². The molecule has 6 heteroatoms. The van der Waals surface area contributed by atoms with Crippen LogP contribution in [0.5, 0.6) is 0 Å². The number of aromatic nitrogens is 4. The number of hydrogen-bond donors (Lipinski definition) is 1. The first kappa shape index (κ1) is 10.1. The molecule has 6 nitrogen and oxygen atoms in total. The molecule has 0 amide bonds. The van der Waals surface area contributed by atoms with E-state index in [1.165, 1.54) is 4.80 Å². The van der Waals surface area contributed by atoms with Crippen LogP contribution in [-0.4, -0.2) is 47.0 Å². The summed E-state index contributed by atoms with van der Waals surface area (Å²) >= 11 is 0. The Balaban J connectivity index is 2.06. The zero-order valence-corrected chi connectivity index (χ0v) is 8.03. The molecule has 0 aromatic carbocycles. The Morgan fingerprint density at radius 2 is 2.31 bits per heavy atom. The van der Waals surface area contributed by atoms with Crippen molar-refractivity contribution in [1.29, 1.82) is 0 Å².